The molecule has 9 heteroatoms. The Morgan fingerprint density at radius 2 is 1.79 bits per heavy atom. The molecule has 1 fully saturated rings. The zero-order chi connectivity index (χ0) is 21.1. The standard InChI is InChI=1S/C20H18Br4N4O/c1-12-15(22)9-16(23)20(19(12)24)26-18(29)11-27-4-6-28(7-5-27)17-3-2-14(21)8-13(17)10-25/h2-3,8-9H,4-7,11H2,1H3,(H,26,29). The molecule has 1 saturated heterocycles. The number of rotatable bonds is 4. The van der Waals surface area contributed by atoms with Gasteiger partial charge in [0.25, 0.3) is 0 Å². The highest BCUT2D eigenvalue weighted by Crippen LogP contribution is 2.38. The summed E-state index contributed by atoms with van der Waals surface area (Å²) in [6, 6.07) is 9.95. The number of carbonyl (C=O) groups excluding carboxylic acids is 1. The summed E-state index contributed by atoms with van der Waals surface area (Å²) in [4.78, 5) is 16.9. The molecule has 1 N–H and O–H groups in total. The molecule has 2 aromatic carbocycles. The minimum Gasteiger partial charge on any atom is -0.368 e. The van der Waals surface area contributed by atoms with Crippen LogP contribution in [-0.2, 0) is 4.79 Å². The molecule has 1 aliphatic heterocycles. The van der Waals surface area contributed by atoms with Crippen LogP contribution in [0.25, 0.3) is 0 Å². The van der Waals surface area contributed by atoms with Crippen molar-refractivity contribution in [2.75, 3.05) is 42.9 Å². The summed E-state index contributed by atoms with van der Waals surface area (Å²) in [6.45, 7) is 5.37. The minimum absolute atomic E-state index is 0.0528. The molecule has 152 valence electrons. The lowest BCUT2D eigenvalue weighted by atomic mass is 10.1. The van der Waals surface area contributed by atoms with Gasteiger partial charge in [0.15, 0.2) is 0 Å². The fourth-order valence-corrected chi connectivity index (χ4v) is 5.89. The summed E-state index contributed by atoms with van der Waals surface area (Å²) < 4.78 is 3.54. The van der Waals surface area contributed by atoms with Gasteiger partial charge in [-0.05, 0) is 68.6 Å². The summed E-state index contributed by atoms with van der Waals surface area (Å²) in [5.74, 6) is -0.0528. The second kappa shape index (κ2) is 9.92. The van der Waals surface area contributed by atoms with E-state index in [-0.39, 0.29) is 5.91 Å². The average molecular weight is 650 g/mol. The van der Waals surface area contributed by atoms with Gasteiger partial charge in [-0.25, -0.2) is 0 Å². The maximum Gasteiger partial charge on any atom is 0.238 e. The number of benzene rings is 2. The van der Waals surface area contributed by atoms with Crippen LogP contribution in [0.3, 0.4) is 0 Å². The van der Waals surface area contributed by atoms with Crippen LogP contribution in [0.15, 0.2) is 42.2 Å². The molecule has 0 aliphatic carbocycles. The molecular weight excluding hydrogens is 632 g/mol. The molecule has 0 bridgehead atoms. The predicted molar refractivity (Wildman–Crippen MR) is 130 cm³/mol. The number of piperazine rings is 1. The van der Waals surface area contributed by atoms with Crippen LogP contribution in [0.1, 0.15) is 11.1 Å². The van der Waals surface area contributed by atoms with E-state index in [1.807, 2.05) is 31.2 Å². The number of nitrogens with one attached hydrogen (secondary N) is 1. The molecule has 1 heterocycles. The number of carbonyl (C=O) groups is 1. The van der Waals surface area contributed by atoms with Crippen LogP contribution in [0, 0.1) is 18.3 Å². The lowest BCUT2D eigenvalue weighted by Crippen LogP contribution is -2.48. The lowest BCUT2D eigenvalue weighted by molar-refractivity contribution is -0.117. The van der Waals surface area contributed by atoms with Crippen molar-refractivity contribution in [3.8, 4) is 6.07 Å². The van der Waals surface area contributed by atoms with Crippen molar-refractivity contribution in [3.63, 3.8) is 0 Å². The first kappa shape index (κ1) is 22.8. The minimum atomic E-state index is -0.0528. The van der Waals surface area contributed by atoms with Gasteiger partial charge in [0, 0.05) is 44.1 Å². The molecule has 5 nitrogen and oxygen atoms in total. The van der Waals surface area contributed by atoms with E-state index in [1.54, 1.807) is 0 Å². The maximum atomic E-state index is 12.6. The molecule has 1 aliphatic rings. The second-order valence-corrected chi connectivity index (χ2v) is 10.2. The van der Waals surface area contributed by atoms with E-state index in [2.05, 4.69) is 84.9 Å². The van der Waals surface area contributed by atoms with Crippen LogP contribution >= 0.6 is 63.7 Å². The van der Waals surface area contributed by atoms with Crippen LogP contribution in [0.2, 0.25) is 0 Å². The van der Waals surface area contributed by atoms with Crippen molar-refractivity contribution in [2.24, 2.45) is 0 Å². The third kappa shape index (κ3) is 5.42. The second-order valence-electron chi connectivity index (χ2n) is 6.74. The Morgan fingerprint density at radius 1 is 1.10 bits per heavy atom. The third-order valence-corrected chi connectivity index (χ3v) is 7.76. The van der Waals surface area contributed by atoms with Crippen molar-refractivity contribution in [1.82, 2.24) is 4.90 Å². The number of nitrogens with zero attached hydrogens (tertiary/aromatic N) is 3. The monoisotopic (exact) mass is 646 g/mol. The summed E-state index contributed by atoms with van der Waals surface area (Å²) in [7, 11) is 0. The van der Waals surface area contributed by atoms with E-state index >= 15 is 0 Å². The highest BCUT2D eigenvalue weighted by Gasteiger charge is 2.22. The van der Waals surface area contributed by atoms with Crippen LogP contribution in [0.4, 0.5) is 11.4 Å². The van der Waals surface area contributed by atoms with Gasteiger partial charge in [-0.2, -0.15) is 5.26 Å². The van der Waals surface area contributed by atoms with Gasteiger partial charge in [-0.3, -0.25) is 9.69 Å². The Bertz CT molecular complexity index is 981. The Hall–Kier alpha value is -0.920. The summed E-state index contributed by atoms with van der Waals surface area (Å²) in [6.07, 6.45) is 0. The molecule has 0 saturated carbocycles. The molecule has 0 spiro atoms. The molecule has 0 radical (unpaired) electrons. The SMILES string of the molecule is Cc1c(Br)cc(Br)c(NC(=O)CN2CCN(c3ccc(Br)cc3C#N)CC2)c1Br. The zero-order valence-electron chi connectivity index (χ0n) is 15.6. The van der Waals surface area contributed by atoms with E-state index in [9.17, 15) is 10.1 Å². The maximum absolute atomic E-state index is 12.6. The smallest absolute Gasteiger partial charge is 0.238 e. The van der Waals surface area contributed by atoms with Gasteiger partial charge < -0.3 is 10.2 Å². The molecule has 2 aromatic rings. The highest BCUT2D eigenvalue weighted by molar-refractivity contribution is 9.11. The van der Waals surface area contributed by atoms with E-state index in [0.29, 0.717) is 12.1 Å². The van der Waals surface area contributed by atoms with E-state index in [4.69, 9.17) is 0 Å². The predicted octanol–water partition coefficient (Wildman–Crippen LogP) is 5.68. The van der Waals surface area contributed by atoms with Gasteiger partial charge in [-0.15, -0.1) is 0 Å². The van der Waals surface area contributed by atoms with Crippen molar-refractivity contribution in [3.05, 3.63) is 53.3 Å². The lowest BCUT2D eigenvalue weighted by Gasteiger charge is -2.36. The Balaban J connectivity index is 1.60. The number of nitriles is 1. The van der Waals surface area contributed by atoms with Crippen molar-refractivity contribution >= 4 is 81.0 Å². The first-order valence-electron chi connectivity index (χ1n) is 8.91. The summed E-state index contributed by atoms with van der Waals surface area (Å²) in [5, 5.41) is 12.4. The Morgan fingerprint density at radius 3 is 2.45 bits per heavy atom. The average Bonchev–Trinajstić information content (AvgIpc) is 2.70. The summed E-state index contributed by atoms with van der Waals surface area (Å²) >= 11 is 14.0. The topological polar surface area (TPSA) is 59.4 Å². The third-order valence-electron chi connectivity index (χ3n) is 4.82. The molecule has 1 amide bonds. The van der Waals surface area contributed by atoms with Gasteiger partial charge in [0.05, 0.1) is 23.5 Å². The molecule has 29 heavy (non-hydrogen) atoms. The van der Waals surface area contributed by atoms with Crippen LogP contribution in [0.5, 0.6) is 0 Å². The van der Waals surface area contributed by atoms with Crippen molar-refractivity contribution in [1.29, 1.82) is 5.26 Å². The highest BCUT2D eigenvalue weighted by atomic mass is 79.9. The molecule has 0 aromatic heterocycles. The Kier molecular flexibility index (Phi) is 7.79. The normalized spacial score (nSPS) is 14.6. The van der Waals surface area contributed by atoms with E-state index in [0.717, 1.165) is 61.0 Å². The van der Waals surface area contributed by atoms with Gasteiger partial charge >= 0.3 is 0 Å². The van der Waals surface area contributed by atoms with Gasteiger partial charge in [0.2, 0.25) is 5.91 Å². The molecule has 0 unspecified atom stereocenters. The number of anilines is 2. The number of hydrogen-bond acceptors (Lipinski definition) is 4. The van der Waals surface area contributed by atoms with Crippen LogP contribution in [-0.4, -0.2) is 43.5 Å². The first-order chi connectivity index (χ1) is 13.8. The van der Waals surface area contributed by atoms with E-state index in [1.165, 1.54) is 0 Å². The van der Waals surface area contributed by atoms with Gasteiger partial charge in [0.1, 0.15) is 6.07 Å². The fourth-order valence-electron chi connectivity index (χ4n) is 3.21. The largest absolute Gasteiger partial charge is 0.368 e. The summed E-state index contributed by atoms with van der Waals surface area (Å²) in [5.41, 5.74) is 3.37. The zero-order valence-corrected chi connectivity index (χ0v) is 22.0. The quantitative estimate of drug-likeness (QED) is 0.464. The van der Waals surface area contributed by atoms with Crippen molar-refractivity contribution < 1.29 is 4.79 Å². The number of hydrogen-bond donors (Lipinski definition) is 1. The first-order valence-corrected chi connectivity index (χ1v) is 12.1. The Labute approximate surface area is 203 Å². The molecule has 3 rings (SSSR count). The molecule has 0 atom stereocenters. The van der Waals surface area contributed by atoms with Crippen molar-refractivity contribution in [2.45, 2.75) is 6.92 Å². The van der Waals surface area contributed by atoms with E-state index < -0.39 is 0 Å². The van der Waals surface area contributed by atoms with Gasteiger partial charge in [-0.1, -0.05) is 31.9 Å². The number of amides is 1. The molecular formula is C20H18Br4N4O. The number of halogens is 4. The van der Waals surface area contributed by atoms with Crippen LogP contribution < -0.4 is 10.2 Å². The fraction of sp³-hybridized carbons (Fsp3) is 0.300.